The topological polar surface area (TPSA) is 58.7 Å². The molecule has 1 unspecified atom stereocenters. The van der Waals surface area contributed by atoms with Crippen molar-refractivity contribution in [3.05, 3.63) is 28.9 Å². The maximum atomic E-state index is 11.0. The molecule has 0 radical (unpaired) electrons. The first-order valence-electron chi connectivity index (χ1n) is 3.28. The zero-order valence-electron chi connectivity index (χ0n) is 6.14. The van der Waals surface area contributed by atoms with Crippen LogP contribution in [-0.2, 0) is 6.54 Å². The number of hydrogen-bond donors (Lipinski definition) is 0. The van der Waals surface area contributed by atoms with Crippen LogP contribution < -0.4 is 5.56 Å². The Hall–Kier alpha value is -1.34. The van der Waals surface area contributed by atoms with E-state index in [2.05, 4.69) is 4.98 Å². The first-order valence-corrected chi connectivity index (χ1v) is 3.72. The minimum Gasteiger partial charge on any atom is -0.297 e. The highest BCUT2D eigenvalue weighted by atomic mass is 35.5. The molecule has 0 aliphatic carbocycles. The summed E-state index contributed by atoms with van der Waals surface area (Å²) in [6.45, 7) is 0.171. The number of nitriles is 1. The van der Waals surface area contributed by atoms with Gasteiger partial charge in [-0.25, -0.2) is 4.98 Å². The highest BCUT2D eigenvalue weighted by Crippen LogP contribution is 1.95. The van der Waals surface area contributed by atoms with Crippen molar-refractivity contribution in [3.63, 3.8) is 0 Å². The fourth-order valence-electron chi connectivity index (χ4n) is 0.729. The number of halogens is 1. The first kappa shape index (κ1) is 8.75. The van der Waals surface area contributed by atoms with Crippen LogP contribution >= 0.6 is 11.6 Å². The average molecular weight is 184 g/mol. The van der Waals surface area contributed by atoms with Crippen molar-refractivity contribution in [2.24, 2.45) is 0 Å². The Morgan fingerprint density at radius 3 is 3.17 bits per heavy atom. The average Bonchev–Trinajstić information content (AvgIpc) is 2.09. The van der Waals surface area contributed by atoms with Gasteiger partial charge >= 0.3 is 0 Å². The molecule has 0 bridgehead atoms. The highest BCUT2D eigenvalue weighted by Gasteiger charge is 2.03. The van der Waals surface area contributed by atoms with E-state index in [0.29, 0.717) is 0 Å². The van der Waals surface area contributed by atoms with Gasteiger partial charge in [-0.15, -0.1) is 11.6 Å². The summed E-state index contributed by atoms with van der Waals surface area (Å²) >= 11 is 5.52. The molecule has 12 heavy (non-hydrogen) atoms. The second kappa shape index (κ2) is 3.88. The Kier molecular flexibility index (Phi) is 2.83. The molecule has 0 spiro atoms. The lowest BCUT2D eigenvalue weighted by atomic mass is 10.4. The molecule has 0 saturated carbocycles. The second-order valence-corrected chi connectivity index (χ2v) is 2.69. The summed E-state index contributed by atoms with van der Waals surface area (Å²) in [5, 5.41) is 7.68. The lowest BCUT2D eigenvalue weighted by Crippen LogP contribution is -2.22. The zero-order valence-corrected chi connectivity index (χ0v) is 6.90. The number of alkyl halides is 1. The molecule has 0 aliphatic rings. The van der Waals surface area contributed by atoms with Gasteiger partial charge < -0.3 is 0 Å². The van der Waals surface area contributed by atoms with Gasteiger partial charge in [0.05, 0.1) is 18.9 Å². The fourth-order valence-corrected chi connectivity index (χ4v) is 0.878. The van der Waals surface area contributed by atoms with Crippen LogP contribution in [0.4, 0.5) is 0 Å². The van der Waals surface area contributed by atoms with Crippen molar-refractivity contribution in [3.8, 4) is 6.07 Å². The van der Waals surface area contributed by atoms with Crippen LogP contribution in [0.1, 0.15) is 0 Å². The van der Waals surface area contributed by atoms with Crippen LogP contribution in [0.15, 0.2) is 23.4 Å². The SMILES string of the molecule is N#CC(Cl)Cn1cnccc1=O. The zero-order chi connectivity index (χ0) is 8.97. The molecule has 0 aliphatic heterocycles. The van der Waals surface area contributed by atoms with E-state index in [1.54, 1.807) is 0 Å². The fraction of sp³-hybridized carbons (Fsp3) is 0.286. The minimum absolute atomic E-state index is 0.171. The van der Waals surface area contributed by atoms with Gasteiger partial charge in [-0.05, 0) is 0 Å². The van der Waals surface area contributed by atoms with Crippen LogP contribution in [0.5, 0.6) is 0 Å². The third-order valence-corrected chi connectivity index (χ3v) is 1.52. The number of nitrogens with zero attached hydrogens (tertiary/aromatic N) is 3. The Labute approximate surface area is 74.0 Å². The summed E-state index contributed by atoms with van der Waals surface area (Å²) in [5.41, 5.74) is -0.203. The minimum atomic E-state index is -0.688. The summed E-state index contributed by atoms with van der Waals surface area (Å²) in [6.07, 6.45) is 2.75. The van der Waals surface area contributed by atoms with Gasteiger partial charge in [-0.2, -0.15) is 5.26 Å². The summed E-state index contributed by atoms with van der Waals surface area (Å²) in [7, 11) is 0. The smallest absolute Gasteiger partial charge is 0.253 e. The largest absolute Gasteiger partial charge is 0.297 e. The molecular formula is C7H6ClN3O. The maximum absolute atomic E-state index is 11.0. The van der Waals surface area contributed by atoms with Crippen molar-refractivity contribution in [1.29, 1.82) is 5.26 Å². The molecule has 0 aromatic carbocycles. The summed E-state index contributed by atoms with van der Waals surface area (Å²) in [6, 6.07) is 3.14. The van der Waals surface area contributed by atoms with Crippen LogP contribution in [0.2, 0.25) is 0 Å². The molecule has 1 aromatic heterocycles. The van der Waals surface area contributed by atoms with Gasteiger partial charge in [-0.1, -0.05) is 0 Å². The monoisotopic (exact) mass is 183 g/mol. The van der Waals surface area contributed by atoms with Gasteiger partial charge in [0.15, 0.2) is 0 Å². The predicted octanol–water partition coefficient (Wildman–Crippen LogP) is 0.374. The van der Waals surface area contributed by atoms with E-state index in [1.807, 2.05) is 6.07 Å². The predicted molar refractivity (Wildman–Crippen MR) is 43.8 cm³/mol. The van der Waals surface area contributed by atoms with Crippen LogP contribution in [0.25, 0.3) is 0 Å². The summed E-state index contributed by atoms with van der Waals surface area (Å²) < 4.78 is 1.29. The van der Waals surface area contributed by atoms with E-state index in [-0.39, 0.29) is 12.1 Å². The maximum Gasteiger partial charge on any atom is 0.253 e. The van der Waals surface area contributed by atoms with Gasteiger partial charge in [0.25, 0.3) is 5.56 Å². The lowest BCUT2D eigenvalue weighted by Gasteiger charge is -2.02. The molecule has 0 amide bonds. The van der Waals surface area contributed by atoms with Gasteiger partial charge in [0.1, 0.15) is 5.38 Å². The molecule has 5 heteroatoms. The normalized spacial score (nSPS) is 12.0. The van der Waals surface area contributed by atoms with Crippen molar-refractivity contribution < 1.29 is 0 Å². The van der Waals surface area contributed by atoms with E-state index in [4.69, 9.17) is 16.9 Å². The van der Waals surface area contributed by atoms with Crippen LogP contribution in [-0.4, -0.2) is 14.9 Å². The van der Waals surface area contributed by atoms with Crippen molar-refractivity contribution in [1.82, 2.24) is 9.55 Å². The summed E-state index contributed by atoms with van der Waals surface area (Å²) in [4.78, 5) is 14.8. The molecule has 1 heterocycles. The Morgan fingerprint density at radius 1 is 1.83 bits per heavy atom. The molecule has 1 rings (SSSR count). The quantitative estimate of drug-likeness (QED) is 0.623. The molecule has 4 nitrogen and oxygen atoms in total. The van der Waals surface area contributed by atoms with Gasteiger partial charge in [0.2, 0.25) is 0 Å². The highest BCUT2D eigenvalue weighted by molar-refractivity contribution is 6.22. The van der Waals surface area contributed by atoms with Crippen LogP contribution in [0, 0.1) is 11.3 Å². The standard InChI is InChI=1S/C7H6ClN3O/c8-6(3-9)4-11-5-10-2-1-7(11)12/h1-2,5-6H,4H2. The number of hydrogen-bond acceptors (Lipinski definition) is 3. The molecule has 62 valence electrons. The van der Waals surface area contributed by atoms with Crippen molar-refractivity contribution in [2.75, 3.05) is 0 Å². The number of aromatic nitrogens is 2. The Balaban J connectivity index is 2.85. The molecule has 1 aromatic rings. The lowest BCUT2D eigenvalue weighted by molar-refractivity contribution is 0.674. The third-order valence-electron chi connectivity index (χ3n) is 1.29. The van der Waals surface area contributed by atoms with Crippen LogP contribution in [0.3, 0.4) is 0 Å². The van der Waals surface area contributed by atoms with E-state index in [0.717, 1.165) is 0 Å². The third kappa shape index (κ3) is 2.07. The van der Waals surface area contributed by atoms with Gasteiger partial charge in [0, 0.05) is 12.3 Å². The second-order valence-electron chi connectivity index (χ2n) is 2.17. The van der Waals surface area contributed by atoms with E-state index >= 15 is 0 Å². The molecule has 0 fully saturated rings. The summed E-state index contributed by atoms with van der Waals surface area (Å²) in [5.74, 6) is 0. The first-order chi connectivity index (χ1) is 5.74. The molecule has 1 atom stereocenters. The van der Waals surface area contributed by atoms with Crippen molar-refractivity contribution in [2.45, 2.75) is 11.9 Å². The molecule has 0 saturated heterocycles. The molecule has 0 N–H and O–H groups in total. The van der Waals surface area contributed by atoms with E-state index in [9.17, 15) is 4.79 Å². The van der Waals surface area contributed by atoms with Gasteiger partial charge in [-0.3, -0.25) is 9.36 Å². The Bertz CT molecular complexity index is 354. The Morgan fingerprint density at radius 2 is 2.58 bits per heavy atom. The van der Waals surface area contributed by atoms with E-state index < -0.39 is 5.38 Å². The number of rotatable bonds is 2. The van der Waals surface area contributed by atoms with Crippen molar-refractivity contribution >= 4 is 11.6 Å². The molecular weight excluding hydrogens is 178 g/mol. The van der Waals surface area contributed by atoms with E-state index in [1.165, 1.54) is 23.2 Å².